The Morgan fingerprint density at radius 1 is 1.59 bits per heavy atom. The minimum atomic E-state index is -0.367. The van der Waals surface area contributed by atoms with Gasteiger partial charge in [-0.1, -0.05) is 12.1 Å². The molecule has 5 nitrogen and oxygen atoms in total. The average molecular weight is 300 g/mol. The Kier molecular flexibility index (Phi) is 5.56. The van der Waals surface area contributed by atoms with Crippen LogP contribution >= 0.6 is 0 Å². The fourth-order valence-corrected chi connectivity index (χ4v) is 2.34. The molecule has 1 atom stereocenters. The molecule has 1 amide bonds. The van der Waals surface area contributed by atoms with Crippen LogP contribution in [0.5, 0.6) is 5.75 Å². The Morgan fingerprint density at radius 3 is 3.14 bits per heavy atom. The van der Waals surface area contributed by atoms with Gasteiger partial charge in [-0.25, -0.2) is 0 Å². The number of carbonyl (C=O) groups excluding carboxylic acids is 1. The fraction of sp³-hybridized carbons (Fsp3) is 0.412. The predicted molar refractivity (Wildman–Crippen MR) is 83.3 cm³/mol. The first-order valence-corrected chi connectivity index (χ1v) is 7.32. The zero-order valence-electron chi connectivity index (χ0n) is 12.9. The molecular weight excluding hydrogens is 280 g/mol. The zero-order valence-corrected chi connectivity index (χ0v) is 12.9. The van der Waals surface area contributed by atoms with E-state index in [0.717, 1.165) is 23.3 Å². The van der Waals surface area contributed by atoms with Crippen LogP contribution in [0, 0.1) is 11.3 Å². The third kappa shape index (κ3) is 4.09. The normalized spacial score (nSPS) is 16.6. The number of nitrogens with zero attached hydrogens (tertiary/aromatic N) is 1. The first-order chi connectivity index (χ1) is 10.6. The maximum absolute atomic E-state index is 12.0. The fourth-order valence-electron chi connectivity index (χ4n) is 2.34. The number of nitriles is 1. The molecule has 0 saturated heterocycles. The van der Waals surface area contributed by atoms with Crippen molar-refractivity contribution in [2.75, 3.05) is 20.3 Å². The number of benzene rings is 1. The zero-order chi connectivity index (χ0) is 15.9. The lowest BCUT2D eigenvalue weighted by Gasteiger charge is -2.05. The van der Waals surface area contributed by atoms with E-state index in [1.165, 1.54) is 0 Å². The lowest BCUT2D eigenvalue weighted by molar-refractivity contribution is -0.117. The molecule has 1 heterocycles. The van der Waals surface area contributed by atoms with Gasteiger partial charge in [-0.05, 0) is 36.6 Å². The van der Waals surface area contributed by atoms with E-state index in [1.54, 1.807) is 13.2 Å². The summed E-state index contributed by atoms with van der Waals surface area (Å²) in [4.78, 5) is 12.0. The van der Waals surface area contributed by atoms with Crippen molar-refractivity contribution in [1.82, 2.24) is 5.32 Å². The van der Waals surface area contributed by atoms with E-state index >= 15 is 0 Å². The number of nitrogens with one attached hydrogen (secondary N) is 1. The van der Waals surface area contributed by atoms with Crippen LogP contribution in [0.1, 0.15) is 24.5 Å². The van der Waals surface area contributed by atoms with Crippen LogP contribution in [-0.2, 0) is 16.0 Å². The molecule has 1 aromatic carbocycles. The van der Waals surface area contributed by atoms with Gasteiger partial charge in [0, 0.05) is 26.7 Å². The summed E-state index contributed by atoms with van der Waals surface area (Å²) in [5.41, 5.74) is 2.03. The first-order valence-electron chi connectivity index (χ1n) is 7.32. The molecule has 0 bridgehead atoms. The lowest BCUT2D eigenvalue weighted by Crippen LogP contribution is -2.26. The SMILES string of the molecule is COCCCNC(=O)/C(C#N)=C\c1ccc2c(c1)O[C@H](C)C2. The summed E-state index contributed by atoms with van der Waals surface area (Å²) < 4.78 is 10.6. The standard InChI is InChI=1S/C17H20N2O3/c1-12-8-14-5-4-13(10-16(14)22-12)9-15(11-18)17(20)19-6-3-7-21-2/h4-5,9-10,12H,3,6-8H2,1-2H3,(H,19,20)/b15-9-/t12-/m1/s1. The van der Waals surface area contributed by atoms with Crippen LogP contribution in [0.3, 0.4) is 0 Å². The van der Waals surface area contributed by atoms with Gasteiger partial charge in [-0.2, -0.15) is 5.26 Å². The van der Waals surface area contributed by atoms with Crippen molar-refractivity contribution in [1.29, 1.82) is 5.26 Å². The quantitative estimate of drug-likeness (QED) is 0.496. The molecule has 0 spiro atoms. The number of hydrogen-bond donors (Lipinski definition) is 1. The van der Waals surface area contributed by atoms with Crippen molar-refractivity contribution < 1.29 is 14.3 Å². The van der Waals surface area contributed by atoms with E-state index in [0.29, 0.717) is 19.6 Å². The molecule has 5 heteroatoms. The number of fused-ring (bicyclic) bond motifs is 1. The number of hydrogen-bond acceptors (Lipinski definition) is 4. The molecule has 116 valence electrons. The number of rotatable bonds is 6. The molecular formula is C17H20N2O3. The smallest absolute Gasteiger partial charge is 0.261 e. The Balaban J connectivity index is 2.04. The van der Waals surface area contributed by atoms with Crippen molar-refractivity contribution >= 4 is 12.0 Å². The van der Waals surface area contributed by atoms with Gasteiger partial charge in [-0.15, -0.1) is 0 Å². The summed E-state index contributed by atoms with van der Waals surface area (Å²) in [6.45, 7) is 3.08. The van der Waals surface area contributed by atoms with E-state index in [4.69, 9.17) is 14.7 Å². The minimum Gasteiger partial charge on any atom is -0.490 e. The van der Waals surface area contributed by atoms with Crippen molar-refractivity contribution in [3.63, 3.8) is 0 Å². The van der Waals surface area contributed by atoms with Crippen molar-refractivity contribution in [2.45, 2.75) is 25.9 Å². The Hall–Kier alpha value is -2.32. The minimum absolute atomic E-state index is 0.0865. The van der Waals surface area contributed by atoms with Gasteiger partial charge in [-0.3, -0.25) is 4.79 Å². The van der Waals surface area contributed by atoms with E-state index in [9.17, 15) is 4.79 Å². The number of amides is 1. The molecule has 22 heavy (non-hydrogen) atoms. The molecule has 0 aromatic heterocycles. The van der Waals surface area contributed by atoms with Gasteiger partial charge >= 0.3 is 0 Å². The van der Waals surface area contributed by atoms with Gasteiger partial charge in [0.2, 0.25) is 0 Å². The second kappa shape index (κ2) is 7.62. The molecule has 2 rings (SSSR count). The summed E-state index contributed by atoms with van der Waals surface area (Å²) in [7, 11) is 1.61. The van der Waals surface area contributed by atoms with Crippen molar-refractivity contribution in [3.8, 4) is 11.8 Å². The number of carbonyl (C=O) groups is 1. The van der Waals surface area contributed by atoms with Gasteiger partial charge in [0.05, 0.1) is 0 Å². The Bertz CT molecular complexity index is 617. The number of ether oxygens (including phenoxy) is 2. The topological polar surface area (TPSA) is 71.3 Å². The van der Waals surface area contributed by atoms with Crippen LogP contribution < -0.4 is 10.1 Å². The van der Waals surface area contributed by atoms with E-state index < -0.39 is 0 Å². The average Bonchev–Trinajstić information content (AvgIpc) is 2.88. The van der Waals surface area contributed by atoms with Crippen molar-refractivity contribution in [3.05, 3.63) is 34.9 Å². The highest BCUT2D eigenvalue weighted by molar-refractivity contribution is 6.01. The maximum Gasteiger partial charge on any atom is 0.261 e. The molecule has 0 fully saturated rings. The summed E-state index contributed by atoms with van der Waals surface area (Å²) in [5.74, 6) is 0.465. The molecule has 0 aliphatic carbocycles. The summed E-state index contributed by atoms with van der Waals surface area (Å²) in [6.07, 6.45) is 3.36. The van der Waals surface area contributed by atoms with Crippen LogP contribution in [0.25, 0.3) is 6.08 Å². The van der Waals surface area contributed by atoms with Crippen molar-refractivity contribution in [2.24, 2.45) is 0 Å². The molecule has 1 aliphatic rings. The molecule has 1 aliphatic heterocycles. The van der Waals surface area contributed by atoms with Gasteiger partial charge in [0.1, 0.15) is 23.5 Å². The monoisotopic (exact) mass is 300 g/mol. The lowest BCUT2D eigenvalue weighted by atomic mass is 10.1. The van der Waals surface area contributed by atoms with Crippen LogP contribution in [0.2, 0.25) is 0 Å². The third-order valence-electron chi connectivity index (χ3n) is 3.41. The second-order valence-electron chi connectivity index (χ2n) is 5.27. The molecule has 0 saturated carbocycles. The van der Waals surface area contributed by atoms with Gasteiger partial charge < -0.3 is 14.8 Å². The van der Waals surface area contributed by atoms with E-state index in [1.807, 2.05) is 31.2 Å². The maximum atomic E-state index is 12.0. The summed E-state index contributed by atoms with van der Waals surface area (Å²) in [5, 5.41) is 11.9. The van der Waals surface area contributed by atoms with Crippen LogP contribution in [0.15, 0.2) is 23.8 Å². The molecule has 0 radical (unpaired) electrons. The Morgan fingerprint density at radius 2 is 2.41 bits per heavy atom. The number of methoxy groups -OCH3 is 1. The first kappa shape index (κ1) is 16.1. The summed E-state index contributed by atoms with van der Waals surface area (Å²) in [6, 6.07) is 7.70. The predicted octanol–water partition coefficient (Wildman–Crippen LogP) is 2.07. The third-order valence-corrected chi connectivity index (χ3v) is 3.41. The Labute approximate surface area is 130 Å². The highest BCUT2D eigenvalue weighted by Crippen LogP contribution is 2.30. The molecule has 1 N–H and O–H groups in total. The van der Waals surface area contributed by atoms with Crippen LogP contribution in [0.4, 0.5) is 0 Å². The highest BCUT2D eigenvalue weighted by Gasteiger charge is 2.19. The van der Waals surface area contributed by atoms with Gasteiger partial charge in [0.15, 0.2) is 0 Å². The van der Waals surface area contributed by atoms with Crippen LogP contribution in [-0.4, -0.2) is 32.3 Å². The van der Waals surface area contributed by atoms with E-state index in [2.05, 4.69) is 5.32 Å². The molecule has 1 aromatic rings. The van der Waals surface area contributed by atoms with E-state index in [-0.39, 0.29) is 17.6 Å². The summed E-state index contributed by atoms with van der Waals surface area (Å²) >= 11 is 0. The largest absolute Gasteiger partial charge is 0.490 e. The highest BCUT2D eigenvalue weighted by atomic mass is 16.5. The second-order valence-corrected chi connectivity index (χ2v) is 5.27. The van der Waals surface area contributed by atoms with Gasteiger partial charge in [0.25, 0.3) is 5.91 Å². The molecule has 0 unspecified atom stereocenters.